The third-order valence-corrected chi connectivity index (χ3v) is 4.70. The summed E-state index contributed by atoms with van der Waals surface area (Å²) in [5.41, 5.74) is 1.96. The molecule has 2 aromatic heterocycles. The summed E-state index contributed by atoms with van der Waals surface area (Å²) in [6.07, 6.45) is 3.08. The van der Waals surface area contributed by atoms with Gasteiger partial charge in [-0.2, -0.15) is 10.2 Å². The van der Waals surface area contributed by atoms with E-state index < -0.39 is 0 Å². The van der Waals surface area contributed by atoms with Crippen LogP contribution >= 0.6 is 0 Å². The first-order valence-corrected chi connectivity index (χ1v) is 9.31. The first-order valence-electron chi connectivity index (χ1n) is 9.31. The predicted octanol–water partition coefficient (Wildman–Crippen LogP) is 2.59. The van der Waals surface area contributed by atoms with Crippen molar-refractivity contribution in [3.05, 3.63) is 30.1 Å². The Hall–Kier alpha value is -2.25. The lowest BCUT2D eigenvalue weighted by molar-refractivity contribution is -0.0945. The van der Waals surface area contributed by atoms with Gasteiger partial charge in [-0.1, -0.05) is 31.5 Å². The number of aromatic nitrogens is 5. The highest BCUT2D eigenvalue weighted by molar-refractivity contribution is 5.91. The maximum Gasteiger partial charge on any atom is 0.179 e. The number of hydrogen-bond donors (Lipinski definition) is 0. The Labute approximate surface area is 152 Å². The molecule has 0 amide bonds. The highest BCUT2D eigenvalue weighted by Crippen LogP contribution is 2.27. The number of unbranched alkanes of at least 4 members (excludes halogenated alkanes) is 1. The lowest BCUT2D eigenvalue weighted by atomic mass is 10.2. The molecule has 1 unspecified atom stereocenters. The minimum absolute atomic E-state index is 0.00167. The van der Waals surface area contributed by atoms with Crippen molar-refractivity contribution in [3.63, 3.8) is 0 Å². The molecule has 4 rings (SSSR count). The van der Waals surface area contributed by atoms with Crippen molar-refractivity contribution in [1.29, 1.82) is 0 Å². The highest BCUT2D eigenvalue weighted by Gasteiger charge is 2.22. The van der Waals surface area contributed by atoms with Gasteiger partial charge in [0.15, 0.2) is 11.6 Å². The standard InChI is InChI=1S/C19H25N5O2/c1-3-4-9-17-20-19(24(21-17)12-14-13-25-10-11-26-14)18-15-7-5-6-8-16(15)23(2)22-18/h5-8,14H,3-4,9-13H2,1-2H3. The van der Waals surface area contributed by atoms with Crippen LogP contribution < -0.4 is 0 Å². The topological polar surface area (TPSA) is 67.0 Å². The van der Waals surface area contributed by atoms with Crippen LogP contribution in [-0.4, -0.2) is 50.5 Å². The van der Waals surface area contributed by atoms with Gasteiger partial charge in [0.1, 0.15) is 11.8 Å². The lowest BCUT2D eigenvalue weighted by Crippen LogP contribution is -2.32. The summed E-state index contributed by atoms with van der Waals surface area (Å²) in [6, 6.07) is 8.22. The van der Waals surface area contributed by atoms with Crippen molar-refractivity contribution in [1.82, 2.24) is 24.5 Å². The van der Waals surface area contributed by atoms with Crippen molar-refractivity contribution >= 4 is 10.9 Å². The van der Waals surface area contributed by atoms with E-state index in [-0.39, 0.29) is 6.10 Å². The zero-order valence-electron chi connectivity index (χ0n) is 15.4. The van der Waals surface area contributed by atoms with Crippen LogP contribution in [-0.2, 0) is 29.5 Å². The number of para-hydroxylation sites is 1. The third kappa shape index (κ3) is 3.37. The molecular weight excluding hydrogens is 330 g/mol. The van der Waals surface area contributed by atoms with Crippen LogP contribution in [0.15, 0.2) is 24.3 Å². The number of benzene rings is 1. The molecule has 1 aliphatic heterocycles. The molecule has 1 aliphatic rings. The molecule has 0 spiro atoms. The Balaban J connectivity index is 1.73. The maximum absolute atomic E-state index is 5.82. The van der Waals surface area contributed by atoms with Gasteiger partial charge in [0.2, 0.25) is 0 Å². The Bertz CT molecular complexity index is 879. The van der Waals surface area contributed by atoms with Gasteiger partial charge in [0.25, 0.3) is 0 Å². The van der Waals surface area contributed by atoms with Crippen molar-refractivity contribution < 1.29 is 9.47 Å². The second-order valence-corrected chi connectivity index (χ2v) is 6.69. The third-order valence-electron chi connectivity index (χ3n) is 4.70. The SMILES string of the molecule is CCCCc1nc(-c2nn(C)c3ccccc23)n(CC2COCCO2)n1. The molecule has 1 atom stereocenters. The van der Waals surface area contributed by atoms with Gasteiger partial charge >= 0.3 is 0 Å². The van der Waals surface area contributed by atoms with Crippen molar-refractivity contribution in [2.75, 3.05) is 19.8 Å². The lowest BCUT2D eigenvalue weighted by Gasteiger charge is -2.23. The second kappa shape index (κ2) is 7.55. The monoisotopic (exact) mass is 355 g/mol. The Morgan fingerprint density at radius 3 is 2.88 bits per heavy atom. The molecule has 1 saturated heterocycles. The molecule has 7 heteroatoms. The first-order chi connectivity index (χ1) is 12.8. The molecule has 3 aromatic rings. The highest BCUT2D eigenvalue weighted by atomic mass is 16.6. The number of rotatable bonds is 6. The minimum Gasteiger partial charge on any atom is -0.376 e. The fraction of sp³-hybridized carbons (Fsp3) is 0.526. The fourth-order valence-corrected chi connectivity index (χ4v) is 3.35. The molecule has 0 radical (unpaired) electrons. The average molecular weight is 355 g/mol. The van der Waals surface area contributed by atoms with Crippen LogP contribution in [0.5, 0.6) is 0 Å². The van der Waals surface area contributed by atoms with E-state index in [0.717, 1.165) is 47.5 Å². The molecule has 26 heavy (non-hydrogen) atoms. The van der Waals surface area contributed by atoms with E-state index in [9.17, 15) is 0 Å². The first kappa shape index (κ1) is 17.2. The van der Waals surface area contributed by atoms with Gasteiger partial charge < -0.3 is 9.47 Å². The van der Waals surface area contributed by atoms with Gasteiger partial charge in [0, 0.05) is 18.9 Å². The van der Waals surface area contributed by atoms with E-state index in [4.69, 9.17) is 24.7 Å². The van der Waals surface area contributed by atoms with E-state index in [2.05, 4.69) is 19.1 Å². The van der Waals surface area contributed by atoms with Gasteiger partial charge in [0.05, 0.1) is 31.9 Å². The molecule has 0 N–H and O–H groups in total. The molecule has 138 valence electrons. The van der Waals surface area contributed by atoms with Gasteiger partial charge in [-0.15, -0.1) is 0 Å². The van der Waals surface area contributed by atoms with Crippen LogP contribution in [0.2, 0.25) is 0 Å². The van der Waals surface area contributed by atoms with Crippen LogP contribution in [0.4, 0.5) is 0 Å². The molecule has 3 heterocycles. The van der Waals surface area contributed by atoms with Gasteiger partial charge in [-0.3, -0.25) is 4.68 Å². The smallest absolute Gasteiger partial charge is 0.179 e. The van der Waals surface area contributed by atoms with E-state index in [0.29, 0.717) is 26.4 Å². The fourth-order valence-electron chi connectivity index (χ4n) is 3.35. The van der Waals surface area contributed by atoms with E-state index >= 15 is 0 Å². The molecule has 0 saturated carbocycles. The summed E-state index contributed by atoms with van der Waals surface area (Å²) in [5.74, 6) is 1.68. The van der Waals surface area contributed by atoms with Crippen LogP contribution in [0.1, 0.15) is 25.6 Å². The molecule has 0 aliphatic carbocycles. The number of hydrogen-bond acceptors (Lipinski definition) is 5. The quantitative estimate of drug-likeness (QED) is 0.680. The zero-order chi connectivity index (χ0) is 17.9. The van der Waals surface area contributed by atoms with Crippen molar-refractivity contribution in [2.45, 2.75) is 38.8 Å². The number of ether oxygens (including phenoxy) is 2. The number of nitrogens with zero attached hydrogens (tertiary/aromatic N) is 5. The summed E-state index contributed by atoms with van der Waals surface area (Å²) < 4.78 is 15.2. The molecule has 1 aromatic carbocycles. The normalized spacial score (nSPS) is 17.8. The van der Waals surface area contributed by atoms with Gasteiger partial charge in [-0.25, -0.2) is 9.67 Å². The summed E-state index contributed by atoms with van der Waals surface area (Å²) in [6.45, 7) is 4.68. The molecule has 0 bridgehead atoms. The Morgan fingerprint density at radius 1 is 1.19 bits per heavy atom. The maximum atomic E-state index is 5.82. The van der Waals surface area contributed by atoms with Gasteiger partial charge in [-0.05, 0) is 12.5 Å². The minimum atomic E-state index is -0.00167. The second-order valence-electron chi connectivity index (χ2n) is 6.69. The summed E-state index contributed by atoms with van der Waals surface area (Å²) >= 11 is 0. The van der Waals surface area contributed by atoms with E-state index in [1.165, 1.54) is 0 Å². The number of aryl methyl sites for hydroxylation is 2. The Morgan fingerprint density at radius 2 is 2.08 bits per heavy atom. The summed E-state index contributed by atoms with van der Waals surface area (Å²) in [7, 11) is 1.96. The Kier molecular flexibility index (Phi) is 4.99. The van der Waals surface area contributed by atoms with Crippen LogP contribution in [0.3, 0.4) is 0 Å². The zero-order valence-corrected chi connectivity index (χ0v) is 15.4. The number of fused-ring (bicyclic) bond motifs is 1. The van der Waals surface area contributed by atoms with Crippen LogP contribution in [0.25, 0.3) is 22.4 Å². The predicted molar refractivity (Wildman–Crippen MR) is 98.9 cm³/mol. The van der Waals surface area contributed by atoms with E-state index in [1.807, 2.05) is 28.5 Å². The summed E-state index contributed by atoms with van der Waals surface area (Å²) in [4.78, 5) is 4.83. The average Bonchev–Trinajstić information content (AvgIpc) is 3.22. The largest absolute Gasteiger partial charge is 0.376 e. The van der Waals surface area contributed by atoms with Crippen molar-refractivity contribution in [3.8, 4) is 11.5 Å². The molecule has 7 nitrogen and oxygen atoms in total. The van der Waals surface area contributed by atoms with Crippen molar-refractivity contribution in [2.24, 2.45) is 7.05 Å². The molecule has 1 fully saturated rings. The van der Waals surface area contributed by atoms with E-state index in [1.54, 1.807) is 0 Å². The summed E-state index contributed by atoms with van der Waals surface area (Å²) in [5, 5.41) is 10.6. The van der Waals surface area contributed by atoms with Crippen LogP contribution in [0, 0.1) is 0 Å². The molecular formula is C19H25N5O2.